The maximum atomic E-state index is 12.4. The normalized spacial score (nSPS) is 28.7. The minimum atomic E-state index is -0.660. The quantitative estimate of drug-likeness (QED) is 0.698. The molecule has 0 radical (unpaired) electrons. The number of imide groups is 1. The van der Waals surface area contributed by atoms with Crippen molar-refractivity contribution < 1.29 is 23.9 Å². The van der Waals surface area contributed by atoms with Gasteiger partial charge in [-0.25, -0.2) is 9.59 Å². The molecule has 0 heterocycles. The number of ether oxygens (including phenoxy) is 2. The Morgan fingerprint density at radius 1 is 1.00 bits per heavy atom. The van der Waals surface area contributed by atoms with Gasteiger partial charge in [0.15, 0.2) is 13.2 Å². The first-order chi connectivity index (χ1) is 14.3. The number of aryl methyl sites for hydroxylation is 1. The SMILES string of the molecule is Cc1cccc(OCC(=O)OCC(=O)NC(=O)NC23CC4CC(CC(C4)C2)C3)c1C. The first kappa shape index (κ1) is 20.7. The molecule has 0 spiro atoms. The van der Waals surface area contributed by atoms with Gasteiger partial charge in [0.2, 0.25) is 0 Å². The molecule has 0 saturated heterocycles. The van der Waals surface area contributed by atoms with Crippen LogP contribution in [0.2, 0.25) is 0 Å². The molecule has 3 amide bonds. The van der Waals surface area contributed by atoms with E-state index in [-0.39, 0.29) is 12.1 Å². The average molecular weight is 415 g/mol. The second-order valence-electron chi connectivity index (χ2n) is 9.35. The molecule has 4 bridgehead atoms. The summed E-state index contributed by atoms with van der Waals surface area (Å²) in [6.45, 7) is 3.06. The predicted octanol–water partition coefficient (Wildman–Crippen LogP) is 3.02. The Kier molecular flexibility index (Phi) is 5.71. The maximum absolute atomic E-state index is 12.4. The molecule has 4 aliphatic rings. The molecule has 162 valence electrons. The fourth-order valence-electron chi connectivity index (χ4n) is 5.90. The van der Waals surface area contributed by atoms with E-state index in [9.17, 15) is 14.4 Å². The van der Waals surface area contributed by atoms with Crippen LogP contribution in [0.3, 0.4) is 0 Å². The number of hydrogen-bond acceptors (Lipinski definition) is 5. The maximum Gasteiger partial charge on any atom is 0.344 e. The molecule has 5 rings (SSSR count). The molecule has 0 aromatic heterocycles. The first-order valence-electron chi connectivity index (χ1n) is 10.8. The van der Waals surface area contributed by atoms with E-state index in [2.05, 4.69) is 10.6 Å². The van der Waals surface area contributed by atoms with Crippen LogP contribution in [-0.2, 0) is 14.3 Å². The Morgan fingerprint density at radius 3 is 2.27 bits per heavy atom. The lowest BCUT2D eigenvalue weighted by Crippen LogP contribution is -2.62. The molecular formula is C23H30N2O5. The van der Waals surface area contributed by atoms with Crippen molar-refractivity contribution in [2.24, 2.45) is 17.8 Å². The van der Waals surface area contributed by atoms with Gasteiger partial charge >= 0.3 is 12.0 Å². The fraction of sp³-hybridized carbons (Fsp3) is 0.609. The predicted molar refractivity (Wildman–Crippen MR) is 110 cm³/mol. The zero-order valence-electron chi connectivity index (χ0n) is 17.7. The molecule has 4 aliphatic carbocycles. The number of esters is 1. The standard InChI is InChI=1S/C23H30N2O5/c1-14-4-3-5-19(15(14)2)29-13-21(27)30-12-20(26)24-22(28)25-23-9-16-6-17(10-23)8-18(7-16)11-23/h3-5,16-18H,6-13H2,1-2H3,(H2,24,25,26,28). The van der Waals surface area contributed by atoms with Crippen LogP contribution < -0.4 is 15.4 Å². The highest BCUT2D eigenvalue weighted by molar-refractivity contribution is 5.95. The zero-order valence-corrected chi connectivity index (χ0v) is 17.7. The summed E-state index contributed by atoms with van der Waals surface area (Å²) < 4.78 is 10.4. The Hall–Kier alpha value is -2.57. The van der Waals surface area contributed by atoms with Crippen molar-refractivity contribution in [2.45, 2.75) is 57.9 Å². The molecule has 4 saturated carbocycles. The molecule has 30 heavy (non-hydrogen) atoms. The smallest absolute Gasteiger partial charge is 0.344 e. The van der Waals surface area contributed by atoms with E-state index in [1.165, 1.54) is 19.3 Å². The number of benzene rings is 1. The summed E-state index contributed by atoms with van der Waals surface area (Å²) in [6, 6.07) is 5.08. The van der Waals surface area contributed by atoms with Gasteiger partial charge in [0, 0.05) is 5.54 Å². The summed E-state index contributed by atoms with van der Waals surface area (Å²) >= 11 is 0. The summed E-state index contributed by atoms with van der Waals surface area (Å²) in [6.07, 6.45) is 6.85. The van der Waals surface area contributed by atoms with Gasteiger partial charge in [-0.05, 0) is 87.3 Å². The molecular weight excluding hydrogens is 384 g/mol. The van der Waals surface area contributed by atoms with E-state index < -0.39 is 24.5 Å². The third-order valence-electron chi connectivity index (χ3n) is 6.93. The Bertz CT molecular complexity index is 815. The summed E-state index contributed by atoms with van der Waals surface area (Å²) in [5.41, 5.74) is 1.84. The van der Waals surface area contributed by atoms with Crippen LogP contribution in [0, 0.1) is 31.6 Å². The highest BCUT2D eigenvalue weighted by Crippen LogP contribution is 2.55. The number of urea groups is 1. The highest BCUT2D eigenvalue weighted by Gasteiger charge is 2.51. The Morgan fingerprint density at radius 2 is 1.63 bits per heavy atom. The van der Waals surface area contributed by atoms with Gasteiger partial charge in [-0.1, -0.05) is 12.1 Å². The van der Waals surface area contributed by atoms with E-state index in [4.69, 9.17) is 9.47 Å². The Balaban J connectivity index is 1.19. The largest absolute Gasteiger partial charge is 0.482 e. The molecule has 0 aliphatic heterocycles. The van der Waals surface area contributed by atoms with E-state index in [0.717, 1.165) is 30.4 Å². The molecule has 2 N–H and O–H groups in total. The van der Waals surface area contributed by atoms with E-state index >= 15 is 0 Å². The minimum Gasteiger partial charge on any atom is -0.482 e. The minimum absolute atomic E-state index is 0.171. The third-order valence-corrected chi connectivity index (χ3v) is 6.93. The number of carbonyl (C=O) groups excluding carboxylic acids is 3. The van der Waals surface area contributed by atoms with E-state index in [0.29, 0.717) is 23.5 Å². The van der Waals surface area contributed by atoms with Gasteiger partial charge < -0.3 is 14.8 Å². The Labute approximate surface area is 176 Å². The van der Waals surface area contributed by atoms with Crippen LogP contribution in [0.1, 0.15) is 49.7 Å². The summed E-state index contributed by atoms with van der Waals surface area (Å²) in [4.78, 5) is 36.3. The molecule has 1 aromatic rings. The van der Waals surface area contributed by atoms with Crippen molar-refractivity contribution in [1.82, 2.24) is 10.6 Å². The van der Waals surface area contributed by atoms with Gasteiger partial charge in [-0.15, -0.1) is 0 Å². The van der Waals surface area contributed by atoms with Crippen LogP contribution in [0.4, 0.5) is 4.79 Å². The number of amides is 3. The molecule has 0 unspecified atom stereocenters. The monoisotopic (exact) mass is 414 g/mol. The lowest BCUT2D eigenvalue weighted by Gasteiger charge is -2.56. The second-order valence-corrected chi connectivity index (χ2v) is 9.35. The highest BCUT2D eigenvalue weighted by atomic mass is 16.6. The number of rotatable bonds is 6. The van der Waals surface area contributed by atoms with Crippen molar-refractivity contribution in [3.05, 3.63) is 29.3 Å². The molecule has 4 fully saturated rings. The van der Waals surface area contributed by atoms with E-state index in [1.807, 2.05) is 26.0 Å². The van der Waals surface area contributed by atoms with Gasteiger partial charge in [-0.2, -0.15) is 0 Å². The first-order valence-corrected chi connectivity index (χ1v) is 10.8. The van der Waals surface area contributed by atoms with Crippen LogP contribution in [0.5, 0.6) is 5.75 Å². The summed E-state index contributed by atoms with van der Waals surface area (Å²) in [7, 11) is 0. The molecule has 7 nitrogen and oxygen atoms in total. The second kappa shape index (κ2) is 8.28. The fourth-order valence-corrected chi connectivity index (χ4v) is 5.90. The molecule has 7 heteroatoms. The summed E-state index contributed by atoms with van der Waals surface area (Å²) in [5, 5.41) is 5.36. The van der Waals surface area contributed by atoms with Crippen molar-refractivity contribution in [2.75, 3.05) is 13.2 Å². The lowest BCUT2D eigenvalue weighted by molar-refractivity contribution is -0.150. The van der Waals surface area contributed by atoms with Gasteiger partial charge in [0.05, 0.1) is 0 Å². The number of carbonyl (C=O) groups is 3. The lowest BCUT2D eigenvalue weighted by atomic mass is 9.53. The van der Waals surface area contributed by atoms with Crippen molar-refractivity contribution in [3.63, 3.8) is 0 Å². The number of hydrogen-bond donors (Lipinski definition) is 2. The van der Waals surface area contributed by atoms with Crippen LogP contribution in [0.15, 0.2) is 18.2 Å². The van der Waals surface area contributed by atoms with Gasteiger partial charge in [0.1, 0.15) is 5.75 Å². The van der Waals surface area contributed by atoms with Gasteiger partial charge in [0.25, 0.3) is 5.91 Å². The average Bonchev–Trinajstić information content (AvgIpc) is 2.66. The number of nitrogens with one attached hydrogen (secondary N) is 2. The topological polar surface area (TPSA) is 93.7 Å². The molecule has 1 aromatic carbocycles. The zero-order chi connectivity index (χ0) is 21.3. The summed E-state index contributed by atoms with van der Waals surface area (Å²) in [5.74, 6) is 1.40. The van der Waals surface area contributed by atoms with Crippen LogP contribution >= 0.6 is 0 Å². The van der Waals surface area contributed by atoms with Crippen molar-refractivity contribution >= 4 is 17.9 Å². The van der Waals surface area contributed by atoms with Crippen molar-refractivity contribution in [3.8, 4) is 5.75 Å². The van der Waals surface area contributed by atoms with Crippen molar-refractivity contribution in [1.29, 1.82) is 0 Å². The van der Waals surface area contributed by atoms with Crippen LogP contribution in [-0.4, -0.2) is 36.7 Å². The third kappa shape index (κ3) is 4.60. The molecule has 0 atom stereocenters. The van der Waals surface area contributed by atoms with Gasteiger partial charge in [-0.3, -0.25) is 10.1 Å². The van der Waals surface area contributed by atoms with E-state index in [1.54, 1.807) is 6.07 Å². The van der Waals surface area contributed by atoms with Crippen LogP contribution in [0.25, 0.3) is 0 Å².